The summed E-state index contributed by atoms with van der Waals surface area (Å²) in [6.07, 6.45) is 5.12. The maximum atomic E-state index is 10.7. The zero-order valence-corrected chi connectivity index (χ0v) is 8.88. The number of nitrogens with one attached hydrogen (secondary N) is 1. The lowest BCUT2D eigenvalue weighted by molar-refractivity contribution is -0.384. The first-order valence-electron chi connectivity index (χ1n) is 4.57. The number of pyridine rings is 1. The summed E-state index contributed by atoms with van der Waals surface area (Å²) in [5.41, 5.74) is -0.612. The quantitative estimate of drug-likeness (QED) is 0.460. The fourth-order valence-corrected chi connectivity index (χ4v) is 1.07. The Hall–Kier alpha value is -2.62. The highest BCUT2D eigenvalue weighted by molar-refractivity contribution is 5.86. The van der Waals surface area contributed by atoms with Crippen molar-refractivity contribution in [2.75, 3.05) is 5.32 Å². The molecule has 88 valence electrons. The molecule has 1 rings (SSSR count). The monoisotopic (exact) mass is 235 g/mol. The normalized spacial score (nSPS) is 11.3. The van der Waals surface area contributed by atoms with Gasteiger partial charge in [-0.05, 0) is 13.0 Å². The fraction of sp³-hybridized carbons (Fsp3) is 0.200. The molecule has 1 unspecified atom stereocenters. The Kier molecular flexibility index (Phi) is 3.62. The van der Waals surface area contributed by atoms with Crippen LogP contribution in [0.2, 0.25) is 0 Å². The van der Waals surface area contributed by atoms with Gasteiger partial charge in [0.2, 0.25) is 5.82 Å². The van der Waals surface area contributed by atoms with Crippen molar-refractivity contribution < 1.29 is 14.8 Å². The number of hydrogen-bond donors (Lipinski definition) is 2. The van der Waals surface area contributed by atoms with E-state index in [2.05, 4.69) is 16.2 Å². The molecule has 17 heavy (non-hydrogen) atoms. The number of anilines is 1. The van der Waals surface area contributed by atoms with E-state index in [0.717, 1.165) is 12.1 Å². The van der Waals surface area contributed by atoms with Gasteiger partial charge in [-0.25, -0.2) is 9.78 Å². The van der Waals surface area contributed by atoms with Crippen molar-refractivity contribution in [3.63, 3.8) is 0 Å². The summed E-state index contributed by atoms with van der Waals surface area (Å²) in [5, 5.41) is 22.0. The second-order valence-electron chi connectivity index (χ2n) is 3.16. The Morgan fingerprint density at radius 2 is 2.35 bits per heavy atom. The summed E-state index contributed by atoms with van der Waals surface area (Å²) in [6.45, 7) is 1.60. The lowest BCUT2D eigenvalue weighted by atomic mass is 10.3. The average Bonchev–Trinajstić information content (AvgIpc) is 2.28. The molecule has 1 heterocycles. The van der Waals surface area contributed by atoms with Gasteiger partial charge < -0.3 is 10.4 Å². The lowest BCUT2D eigenvalue weighted by Crippen LogP contribution is -2.16. The first-order chi connectivity index (χ1) is 7.95. The molecule has 0 aromatic carbocycles. The Balaban J connectivity index is 3.21. The van der Waals surface area contributed by atoms with E-state index in [1.807, 2.05) is 0 Å². The van der Waals surface area contributed by atoms with Gasteiger partial charge in [-0.3, -0.25) is 10.1 Å². The summed E-state index contributed by atoms with van der Waals surface area (Å²) < 4.78 is 0. The predicted octanol–water partition coefficient (Wildman–Crippen LogP) is 1.12. The van der Waals surface area contributed by atoms with E-state index >= 15 is 0 Å². The van der Waals surface area contributed by atoms with Gasteiger partial charge in [0, 0.05) is 6.07 Å². The Labute approximate surface area is 96.6 Å². The molecule has 0 bridgehead atoms. The number of terminal acetylenes is 1. The second kappa shape index (κ2) is 4.94. The van der Waals surface area contributed by atoms with Crippen molar-refractivity contribution >= 4 is 17.5 Å². The molecule has 0 aliphatic carbocycles. The molecule has 2 N–H and O–H groups in total. The highest BCUT2D eigenvalue weighted by atomic mass is 16.6. The van der Waals surface area contributed by atoms with Crippen molar-refractivity contribution in [3.8, 4) is 12.3 Å². The van der Waals surface area contributed by atoms with Crippen LogP contribution in [-0.2, 0) is 0 Å². The predicted molar refractivity (Wildman–Crippen MR) is 59.8 cm³/mol. The summed E-state index contributed by atoms with van der Waals surface area (Å²) >= 11 is 0. The van der Waals surface area contributed by atoms with E-state index in [9.17, 15) is 14.9 Å². The molecule has 0 saturated carbocycles. The molecule has 0 radical (unpaired) electrons. The molecule has 0 spiro atoms. The number of nitrogens with zero attached hydrogens (tertiary/aromatic N) is 2. The molecule has 1 atom stereocenters. The van der Waals surface area contributed by atoms with Crippen LogP contribution < -0.4 is 5.32 Å². The van der Waals surface area contributed by atoms with Crippen molar-refractivity contribution in [3.05, 3.63) is 27.9 Å². The molecule has 7 nitrogen and oxygen atoms in total. The van der Waals surface area contributed by atoms with Crippen LogP contribution in [0.25, 0.3) is 0 Å². The van der Waals surface area contributed by atoms with Crippen molar-refractivity contribution in [1.82, 2.24) is 4.98 Å². The third kappa shape index (κ3) is 2.92. The molecule has 0 saturated heterocycles. The minimum Gasteiger partial charge on any atom is -0.477 e. The van der Waals surface area contributed by atoms with E-state index in [1.54, 1.807) is 6.92 Å². The summed E-state index contributed by atoms with van der Waals surface area (Å²) in [7, 11) is 0. The third-order valence-corrected chi connectivity index (χ3v) is 1.89. The maximum absolute atomic E-state index is 10.7. The zero-order chi connectivity index (χ0) is 13.0. The minimum absolute atomic E-state index is 0.152. The van der Waals surface area contributed by atoms with E-state index in [4.69, 9.17) is 11.5 Å². The van der Waals surface area contributed by atoms with Crippen LogP contribution in [0.5, 0.6) is 0 Å². The van der Waals surface area contributed by atoms with Crippen LogP contribution in [0.4, 0.5) is 11.5 Å². The van der Waals surface area contributed by atoms with Gasteiger partial charge in [-0.1, -0.05) is 5.92 Å². The molecular weight excluding hydrogens is 226 g/mol. The molecule has 7 heteroatoms. The largest absolute Gasteiger partial charge is 0.477 e. The summed E-state index contributed by atoms with van der Waals surface area (Å²) in [5.74, 6) is 0.887. The molecule has 1 aromatic heterocycles. The number of aromatic carboxylic acids is 1. The van der Waals surface area contributed by atoms with Crippen molar-refractivity contribution in [1.29, 1.82) is 0 Å². The minimum atomic E-state index is -1.27. The Bertz CT molecular complexity index is 507. The van der Waals surface area contributed by atoms with E-state index < -0.39 is 16.9 Å². The van der Waals surface area contributed by atoms with E-state index in [-0.39, 0.29) is 17.2 Å². The first-order valence-corrected chi connectivity index (χ1v) is 4.57. The molecule has 0 aliphatic heterocycles. The van der Waals surface area contributed by atoms with Crippen molar-refractivity contribution in [2.45, 2.75) is 13.0 Å². The number of carbonyl (C=O) groups is 1. The van der Waals surface area contributed by atoms with Gasteiger partial charge >= 0.3 is 11.7 Å². The number of hydrogen-bond acceptors (Lipinski definition) is 5. The molecule has 0 aliphatic rings. The molecular formula is C10H9N3O4. The Morgan fingerprint density at radius 3 is 2.82 bits per heavy atom. The van der Waals surface area contributed by atoms with Crippen LogP contribution in [0.1, 0.15) is 17.4 Å². The lowest BCUT2D eigenvalue weighted by Gasteiger charge is -2.08. The smallest absolute Gasteiger partial charge is 0.354 e. The summed E-state index contributed by atoms with van der Waals surface area (Å²) in [6, 6.07) is 1.64. The van der Waals surface area contributed by atoms with Gasteiger partial charge in [0.25, 0.3) is 0 Å². The van der Waals surface area contributed by atoms with Crippen LogP contribution in [-0.4, -0.2) is 27.0 Å². The number of carboxylic acid groups (broad SMARTS) is 1. The second-order valence-corrected chi connectivity index (χ2v) is 3.16. The van der Waals surface area contributed by atoms with Gasteiger partial charge in [0.1, 0.15) is 0 Å². The topological polar surface area (TPSA) is 105 Å². The maximum Gasteiger partial charge on any atom is 0.354 e. The van der Waals surface area contributed by atoms with E-state index in [0.29, 0.717) is 0 Å². The van der Waals surface area contributed by atoms with Crippen LogP contribution >= 0.6 is 0 Å². The van der Waals surface area contributed by atoms with E-state index in [1.165, 1.54) is 0 Å². The van der Waals surface area contributed by atoms with Gasteiger partial charge in [0.15, 0.2) is 5.69 Å². The molecule has 1 aromatic rings. The zero-order valence-electron chi connectivity index (χ0n) is 8.88. The van der Waals surface area contributed by atoms with Gasteiger partial charge in [-0.15, -0.1) is 6.42 Å². The number of carboxylic acids is 1. The molecule has 0 fully saturated rings. The first kappa shape index (κ1) is 12.4. The fourth-order valence-electron chi connectivity index (χ4n) is 1.07. The standard InChI is InChI=1S/C10H9N3O4/c1-3-6(2)11-9-8(13(16)17)5-4-7(12-9)10(14)15/h1,4-6H,2H3,(H,11,12)(H,14,15). The van der Waals surface area contributed by atoms with Crippen molar-refractivity contribution in [2.24, 2.45) is 0 Å². The number of aromatic nitrogens is 1. The van der Waals surface area contributed by atoms with Gasteiger partial charge in [0.05, 0.1) is 11.0 Å². The Morgan fingerprint density at radius 1 is 1.71 bits per heavy atom. The molecule has 0 amide bonds. The average molecular weight is 235 g/mol. The highest BCUT2D eigenvalue weighted by Crippen LogP contribution is 2.22. The van der Waals surface area contributed by atoms with Gasteiger partial charge in [-0.2, -0.15) is 0 Å². The third-order valence-electron chi connectivity index (χ3n) is 1.89. The van der Waals surface area contributed by atoms with Crippen LogP contribution in [0, 0.1) is 22.5 Å². The summed E-state index contributed by atoms with van der Waals surface area (Å²) in [4.78, 5) is 24.4. The van der Waals surface area contributed by atoms with Crippen LogP contribution in [0.15, 0.2) is 12.1 Å². The number of rotatable bonds is 4. The highest BCUT2D eigenvalue weighted by Gasteiger charge is 2.19. The SMILES string of the molecule is C#CC(C)Nc1nc(C(=O)O)ccc1[N+](=O)[O-]. The van der Waals surface area contributed by atoms with Crippen LogP contribution in [0.3, 0.4) is 0 Å². The number of nitro groups is 1.